The largest absolute Gasteiger partial charge is 0.449 e. The second-order valence-corrected chi connectivity index (χ2v) is 16.1. The lowest BCUT2D eigenvalue weighted by atomic mass is 9.77. The van der Waals surface area contributed by atoms with Gasteiger partial charge in [0.2, 0.25) is 11.8 Å². The topological polar surface area (TPSA) is 119 Å². The highest BCUT2D eigenvalue weighted by molar-refractivity contribution is 5.92. The third-order valence-corrected chi connectivity index (χ3v) is 12.2. The first-order valence-corrected chi connectivity index (χ1v) is 22.3. The van der Waals surface area contributed by atoms with E-state index in [0.717, 1.165) is 55.4 Å². The van der Waals surface area contributed by atoms with Crippen molar-refractivity contribution in [3.8, 4) is 11.1 Å². The summed E-state index contributed by atoms with van der Waals surface area (Å²) in [5.74, 6) is -1.23. The quantitative estimate of drug-likeness (QED) is 0.0652. The van der Waals surface area contributed by atoms with Gasteiger partial charge in [-0.05, 0) is 71.3 Å². The summed E-state index contributed by atoms with van der Waals surface area (Å²) in [6.07, 6.45) is -0.358. The molecule has 6 aromatic carbocycles. The van der Waals surface area contributed by atoms with Gasteiger partial charge in [0, 0.05) is 37.3 Å². The molecule has 2 atom stereocenters. The Morgan fingerprint density at radius 3 is 1.74 bits per heavy atom. The summed E-state index contributed by atoms with van der Waals surface area (Å²) in [5, 5.41) is 7.16. The Morgan fingerprint density at radius 1 is 0.662 bits per heavy atom. The zero-order chi connectivity index (χ0) is 45.2. The monoisotopic (exact) mass is 866 g/mol. The van der Waals surface area contributed by atoms with E-state index in [4.69, 9.17) is 14.2 Å². The molecule has 1 aliphatic rings. The van der Waals surface area contributed by atoms with E-state index < -0.39 is 48.2 Å². The van der Waals surface area contributed by atoms with Gasteiger partial charge < -0.3 is 29.7 Å². The molecule has 0 unspecified atom stereocenters. The number of fused-ring (bicyclic) bond motifs is 4. The minimum atomic E-state index is -1.39. The van der Waals surface area contributed by atoms with E-state index in [1.54, 1.807) is 11.1 Å². The molecule has 0 fully saturated rings. The Morgan fingerprint density at radius 2 is 1.18 bits per heavy atom. The Balaban J connectivity index is 1.17. The van der Waals surface area contributed by atoms with E-state index in [0.29, 0.717) is 13.2 Å². The van der Waals surface area contributed by atoms with Gasteiger partial charge >= 0.3 is 6.09 Å². The van der Waals surface area contributed by atoms with Gasteiger partial charge in [-0.15, -0.1) is 0 Å². The molecule has 1 aromatic heterocycles. The number of hydrogen-bond donors (Lipinski definition) is 2. The van der Waals surface area contributed by atoms with Crippen molar-refractivity contribution in [1.29, 1.82) is 0 Å². The number of pyridine rings is 1. The number of nitrogens with one attached hydrogen (secondary N) is 2. The minimum absolute atomic E-state index is 0.0185. The van der Waals surface area contributed by atoms with Crippen molar-refractivity contribution in [2.24, 2.45) is 0 Å². The number of carbonyl (C=O) groups excluding carboxylic acids is 3. The van der Waals surface area contributed by atoms with Crippen molar-refractivity contribution in [2.75, 3.05) is 19.8 Å². The number of alkyl carbamates (subject to hydrolysis) is 1. The Bertz CT molecular complexity index is 2560. The highest BCUT2D eigenvalue weighted by Crippen LogP contribution is 2.44. The maximum absolute atomic E-state index is 15.5. The molecular formula is C55H54N4O6. The summed E-state index contributed by atoms with van der Waals surface area (Å²) in [4.78, 5) is 51.1. The van der Waals surface area contributed by atoms with Gasteiger partial charge in [-0.2, -0.15) is 0 Å². The zero-order valence-electron chi connectivity index (χ0n) is 36.9. The normalized spacial score (nSPS) is 13.1. The first-order valence-electron chi connectivity index (χ1n) is 22.3. The van der Waals surface area contributed by atoms with Crippen LogP contribution in [0.2, 0.25) is 0 Å². The number of rotatable bonds is 18. The number of hydrogen-bond acceptors (Lipinski definition) is 7. The molecule has 0 bridgehead atoms. The molecule has 0 aliphatic heterocycles. The predicted molar refractivity (Wildman–Crippen MR) is 253 cm³/mol. The molecule has 10 heteroatoms. The standard InChI is InChI=1S/C55H54N4O6/c1-4-63-53(64-5-2)38(3)59(36-40-22-19-21-39-23-20-34-56-51(39)40)52(61)49(57-54(62)65-37-48-46-32-17-15-30-44(46)45-31-16-18-33-47(45)48)35-50(60)58-55(41-24-9-6-10-25-41,42-26-11-7-12-27-42)43-28-13-8-14-29-43/h6-34,38,48-49,53H,4-5,35-37H2,1-3H3,(H,57,62)(H,58,60)/t38-,49-/m0/s1. The summed E-state index contributed by atoms with van der Waals surface area (Å²) in [7, 11) is 0. The summed E-state index contributed by atoms with van der Waals surface area (Å²) < 4.78 is 18.2. The van der Waals surface area contributed by atoms with Gasteiger partial charge in [0.1, 0.15) is 18.2 Å². The van der Waals surface area contributed by atoms with Crippen LogP contribution in [0.25, 0.3) is 22.0 Å². The summed E-state index contributed by atoms with van der Waals surface area (Å²) in [5.41, 5.74) is 7.04. The highest BCUT2D eigenvalue weighted by atomic mass is 16.7. The molecule has 8 rings (SSSR count). The Labute approximate surface area is 380 Å². The van der Waals surface area contributed by atoms with Crippen LogP contribution in [0.5, 0.6) is 0 Å². The lowest BCUT2D eigenvalue weighted by molar-refractivity contribution is -0.179. The predicted octanol–water partition coefficient (Wildman–Crippen LogP) is 9.76. The van der Waals surface area contributed by atoms with Crippen LogP contribution < -0.4 is 10.6 Å². The van der Waals surface area contributed by atoms with E-state index in [1.165, 1.54) is 0 Å². The van der Waals surface area contributed by atoms with Gasteiger partial charge in [-0.1, -0.05) is 164 Å². The third-order valence-electron chi connectivity index (χ3n) is 12.2. The van der Waals surface area contributed by atoms with Gasteiger partial charge in [-0.3, -0.25) is 14.6 Å². The fraction of sp³-hybridized carbons (Fsp3) is 0.236. The van der Waals surface area contributed by atoms with Crippen LogP contribution >= 0.6 is 0 Å². The fourth-order valence-corrected chi connectivity index (χ4v) is 9.11. The van der Waals surface area contributed by atoms with E-state index in [-0.39, 0.29) is 19.1 Å². The number of aromatic nitrogens is 1. The van der Waals surface area contributed by atoms with Gasteiger partial charge in [0.05, 0.1) is 18.0 Å². The number of para-hydroxylation sites is 1. The average molecular weight is 867 g/mol. The van der Waals surface area contributed by atoms with Crippen molar-refractivity contribution >= 4 is 28.8 Å². The highest BCUT2D eigenvalue weighted by Gasteiger charge is 2.41. The first-order chi connectivity index (χ1) is 31.8. The van der Waals surface area contributed by atoms with Crippen molar-refractivity contribution in [3.63, 3.8) is 0 Å². The molecule has 0 saturated heterocycles. The van der Waals surface area contributed by atoms with Crippen molar-refractivity contribution in [3.05, 3.63) is 209 Å². The second-order valence-electron chi connectivity index (χ2n) is 16.1. The third kappa shape index (κ3) is 9.55. The Kier molecular flexibility index (Phi) is 14.1. The summed E-state index contributed by atoms with van der Waals surface area (Å²) in [6.45, 7) is 6.34. The van der Waals surface area contributed by atoms with E-state index in [9.17, 15) is 4.79 Å². The molecule has 3 amide bonds. The molecule has 1 aliphatic carbocycles. The van der Waals surface area contributed by atoms with Crippen LogP contribution in [0.1, 0.15) is 66.5 Å². The van der Waals surface area contributed by atoms with E-state index in [1.807, 2.05) is 178 Å². The molecule has 1 heterocycles. The number of nitrogens with zero attached hydrogens (tertiary/aromatic N) is 2. The molecule has 0 spiro atoms. The molecule has 0 radical (unpaired) electrons. The van der Waals surface area contributed by atoms with Gasteiger partial charge in [0.25, 0.3) is 0 Å². The first kappa shape index (κ1) is 44.5. The van der Waals surface area contributed by atoms with E-state index >= 15 is 9.59 Å². The number of benzene rings is 6. The SMILES string of the molecule is CCOC(OCC)[C@H](C)N(Cc1cccc2cccnc12)C(=O)[C@H](CC(=O)NC(c1ccccc1)(c1ccccc1)c1ccccc1)NC(=O)OCC1c2ccccc2-c2ccccc21. The molecule has 2 N–H and O–H groups in total. The fourth-order valence-electron chi connectivity index (χ4n) is 9.11. The minimum Gasteiger partial charge on any atom is -0.449 e. The van der Waals surface area contributed by atoms with Crippen LogP contribution in [0, 0.1) is 0 Å². The van der Waals surface area contributed by atoms with E-state index in [2.05, 4.69) is 27.8 Å². The van der Waals surface area contributed by atoms with Crippen LogP contribution in [-0.2, 0) is 35.9 Å². The molecule has 10 nitrogen and oxygen atoms in total. The van der Waals surface area contributed by atoms with Crippen molar-refractivity contribution in [2.45, 2.75) is 63.6 Å². The molecule has 330 valence electrons. The second kappa shape index (κ2) is 20.6. The molecule has 65 heavy (non-hydrogen) atoms. The van der Waals surface area contributed by atoms with Crippen molar-refractivity contribution < 1.29 is 28.6 Å². The lowest BCUT2D eigenvalue weighted by Crippen LogP contribution is -2.56. The maximum atomic E-state index is 15.5. The molecule has 0 saturated carbocycles. The van der Waals surface area contributed by atoms with Crippen molar-refractivity contribution in [1.82, 2.24) is 20.5 Å². The molecule has 7 aromatic rings. The Hall–Kier alpha value is -7.14. The maximum Gasteiger partial charge on any atom is 0.407 e. The lowest BCUT2D eigenvalue weighted by Gasteiger charge is -2.38. The summed E-state index contributed by atoms with van der Waals surface area (Å²) in [6, 6.07) is 53.0. The van der Waals surface area contributed by atoms with Gasteiger partial charge in [0.15, 0.2) is 6.29 Å². The van der Waals surface area contributed by atoms with Gasteiger partial charge in [-0.25, -0.2) is 4.79 Å². The summed E-state index contributed by atoms with van der Waals surface area (Å²) >= 11 is 0. The van der Waals surface area contributed by atoms with Crippen LogP contribution in [-0.4, -0.2) is 66.0 Å². The number of carbonyl (C=O) groups is 3. The number of amides is 3. The van der Waals surface area contributed by atoms with Crippen LogP contribution in [0.15, 0.2) is 176 Å². The smallest absolute Gasteiger partial charge is 0.407 e. The van der Waals surface area contributed by atoms with Crippen LogP contribution in [0.4, 0.5) is 4.79 Å². The number of ether oxygens (including phenoxy) is 3. The average Bonchev–Trinajstić information content (AvgIpc) is 3.67. The zero-order valence-corrected chi connectivity index (χ0v) is 36.9. The molecular weight excluding hydrogens is 813 g/mol. The van der Waals surface area contributed by atoms with Crippen LogP contribution in [0.3, 0.4) is 0 Å².